The molecule has 142 valence electrons. The van der Waals surface area contributed by atoms with E-state index in [2.05, 4.69) is 40.7 Å². The number of hydrogen-bond acceptors (Lipinski definition) is 3. The molecular formula is C22H26ClN2OS+. The summed E-state index contributed by atoms with van der Waals surface area (Å²) in [5.41, 5.74) is 2.19. The number of rotatable bonds is 5. The fourth-order valence-corrected chi connectivity index (χ4v) is 5.21. The lowest BCUT2D eigenvalue weighted by Gasteiger charge is -2.28. The molecule has 3 nitrogen and oxygen atoms in total. The maximum Gasteiger partial charge on any atom is 0.316 e. The zero-order chi connectivity index (χ0) is 18.9. The minimum Gasteiger partial charge on any atom is -0.346 e. The zero-order valence-corrected chi connectivity index (χ0v) is 17.3. The first-order chi connectivity index (χ1) is 13.1. The Hall–Kier alpha value is -1.49. The van der Waals surface area contributed by atoms with Crippen LogP contribution in [0.2, 0.25) is 5.02 Å². The maximum absolute atomic E-state index is 11.8. The SMILES string of the molecule is CCCCc1ccc(N2C3=[N+](CCCS3)C[C@]2(O)c2ccc(Cl)cc2)cc1. The van der Waals surface area contributed by atoms with Crippen molar-refractivity contribution >= 4 is 34.2 Å². The van der Waals surface area contributed by atoms with Crippen LogP contribution in [0, 0.1) is 0 Å². The maximum atomic E-state index is 11.8. The molecule has 0 unspecified atom stereocenters. The number of unbranched alkanes of at least 4 members (excludes halogenated alkanes) is 1. The standard InChI is InChI=1S/C22H26ClN2OS/c1-2-3-5-17-6-12-20(13-7-17)25-21-24(14-4-15-27-21)16-22(25,26)18-8-10-19(23)11-9-18/h6-13,26H,2-5,14-16H2,1H3/q+1/t22-/m0/s1. The highest BCUT2D eigenvalue weighted by Gasteiger charge is 2.55. The van der Waals surface area contributed by atoms with Gasteiger partial charge in [0.1, 0.15) is 5.69 Å². The third kappa shape index (κ3) is 3.63. The molecule has 0 saturated carbocycles. The van der Waals surface area contributed by atoms with Crippen LogP contribution in [0.3, 0.4) is 0 Å². The van der Waals surface area contributed by atoms with Crippen LogP contribution in [0.15, 0.2) is 48.5 Å². The van der Waals surface area contributed by atoms with Gasteiger partial charge in [-0.25, -0.2) is 4.58 Å². The normalized spacial score (nSPS) is 22.3. The minimum absolute atomic E-state index is 0.578. The van der Waals surface area contributed by atoms with Crippen molar-refractivity contribution in [3.8, 4) is 0 Å². The van der Waals surface area contributed by atoms with Gasteiger partial charge in [0.2, 0.25) is 0 Å². The third-order valence-electron chi connectivity index (χ3n) is 5.37. The van der Waals surface area contributed by atoms with E-state index in [0.29, 0.717) is 11.6 Å². The molecule has 0 aliphatic carbocycles. The molecule has 0 aromatic heterocycles. The van der Waals surface area contributed by atoms with E-state index in [1.165, 1.54) is 18.4 Å². The molecule has 0 saturated heterocycles. The van der Waals surface area contributed by atoms with Crippen molar-refractivity contribution in [2.24, 2.45) is 0 Å². The van der Waals surface area contributed by atoms with Gasteiger partial charge < -0.3 is 5.11 Å². The van der Waals surface area contributed by atoms with E-state index in [1.807, 2.05) is 36.0 Å². The van der Waals surface area contributed by atoms with Gasteiger partial charge in [0.05, 0.1) is 6.54 Å². The molecule has 5 heteroatoms. The van der Waals surface area contributed by atoms with Gasteiger partial charge in [0.15, 0.2) is 6.54 Å². The monoisotopic (exact) mass is 401 g/mol. The molecule has 2 aromatic carbocycles. The fraction of sp³-hybridized carbons (Fsp3) is 0.409. The first-order valence-corrected chi connectivity index (χ1v) is 11.1. The van der Waals surface area contributed by atoms with Gasteiger partial charge in [-0.2, -0.15) is 4.90 Å². The number of nitrogens with zero attached hydrogens (tertiary/aromatic N) is 2. The van der Waals surface area contributed by atoms with Crippen molar-refractivity contribution in [1.82, 2.24) is 0 Å². The van der Waals surface area contributed by atoms with Gasteiger partial charge in [-0.05, 0) is 60.9 Å². The summed E-state index contributed by atoms with van der Waals surface area (Å²) >= 11 is 7.92. The second kappa shape index (κ2) is 7.86. The molecule has 0 radical (unpaired) electrons. The van der Waals surface area contributed by atoms with E-state index in [-0.39, 0.29) is 0 Å². The topological polar surface area (TPSA) is 26.5 Å². The van der Waals surface area contributed by atoms with E-state index in [9.17, 15) is 5.11 Å². The molecule has 0 spiro atoms. The smallest absolute Gasteiger partial charge is 0.316 e. The number of benzene rings is 2. The van der Waals surface area contributed by atoms with Crippen molar-refractivity contribution < 1.29 is 9.68 Å². The molecule has 0 bridgehead atoms. The van der Waals surface area contributed by atoms with Gasteiger partial charge in [-0.15, -0.1) is 0 Å². The number of amidine groups is 1. The zero-order valence-electron chi connectivity index (χ0n) is 15.7. The third-order valence-corrected chi connectivity index (χ3v) is 6.81. The van der Waals surface area contributed by atoms with Gasteiger partial charge in [0.25, 0.3) is 5.72 Å². The molecule has 27 heavy (non-hydrogen) atoms. The van der Waals surface area contributed by atoms with Crippen LogP contribution < -0.4 is 4.90 Å². The van der Waals surface area contributed by atoms with Gasteiger partial charge in [0, 0.05) is 16.3 Å². The quantitative estimate of drug-likeness (QED) is 0.725. The lowest BCUT2D eigenvalue weighted by molar-refractivity contribution is -0.532. The minimum atomic E-state index is -1.08. The van der Waals surface area contributed by atoms with Crippen molar-refractivity contribution in [1.29, 1.82) is 0 Å². The Morgan fingerprint density at radius 1 is 1.15 bits per heavy atom. The molecule has 2 aromatic rings. The summed E-state index contributed by atoms with van der Waals surface area (Å²) in [6.45, 7) is 3.79. The Labute approximate surface area is 170 Å². The molecule has 2 aliphatic heterocycles. The van der Waals surface area contributed by atoms with Crippen LogP contribution in [0.4, 0.5) is 5.69 Å². The average Bonchev–Trinajstić information content (AvgIpc) is 3.00. The highest BCUT2D eigenvalue weighted by Crippen LogP contribution is 2.40. The Morgan fingerprint density at radius 3 is 2.59 bits per heavy atom. The summed E-state index contributed by atoms with van der Waals surface area (Å²) in [5.74, 6) is 1.09. The average molecular weight is 402 g/mol. The summed E-state index contributed by atoms with van der Waals surface area (Å²) in [7, 11) is 0. The molecular weight excluding hydrogens is 376 g/mol. The largest absolute Gasteiger partial charge is 0.346 e. The predicted molar refractivity (Wildman–Crippen MR) is 115 cm³/mol. The van der Waals surface area contributed by atoms with Crippen LogP contribution in [0.5, 0.6) is 0 Å². The van der Waals surface area contributed by atoms with Gasteiger partial charge in [-0.3, -0.25) is 0 Å². The number of hydrogen-bond donors (Lipinski definition) is 1. The van der Waals surface area contributed by atoms with Crippen LogP contribution in [0.25, 0.3) is 0 Å². The highest BCUT2D eigenvalue weighted by atomic mass is 35.5. The molecule has 1 N–H and O–H groups in total. The van der Waals surface area contributed by atoms with Crippen molar-refractivity contribution in [2.45, 2.75) is 38.3 Å². The number of aliphatic hydroxyl groups is 1. The van der Waals surface area contributed by atoms with Crippen LogP contribution in [-0.2, 0) is 12.1 Å². The van der Waals surface area contributed by atoms with Crippen molar-refractivity contribution in [3.63, 3.8) is 0 Å². The lowest BCUT2D eigenvalue weighted by Crippen LogP contribution is -2.46. The number of anilines is 1. The predicted octanol–water partition coefficient (Wildman–Crippen LogP) is 4.85. The van der Waals surface area contributed by atoms with E-state index in [0.717, 1.165) is 41.6 Å². The van der Waals surface area contributed by atoms with E-state index in [4.69, 9.17) is 11.6 Å². The van der Waals surface area contributed by atoms with E-state index in [1.54, 1.807) is 0 Å². The summed E-state index contributed by atoms with van der Waals surface area (Å²) in [5, 5.41) is 13.7. The first-order valence-electron chi connectivity index (χ1n) is 9.74. The Morgan fingerprint density at radius 2 is 1.89 bits per heavy atom. The summed E-state index contributed by atoms with van der Waals surface area (Å²) < 4.78 is 2.31. The number of thioether (sulfide) groups is 1. The molecule has 0 amide bonds. The van der Waals surface area contributed by atoms with Crippen molar-refractivity contribution in [3.05, 3.63) is 64.7 Å². The van der Waals surface area contributed by atoms with Crippen LogP contribution in [0.1, 0.15) is 37.3 Å². The summed E-state index contributed by atoms with van der Waals surface area (Å²) in [4.78, 5) is 2.11. The van der Waals surface area contributed by atoms with Gasteiger partial charge in [-0.1, -0.05) is 49.2 Å². The molecule has 2 aliphatic rings. The van der Waals surface area contributed by atoms with Crippen molar-refractivity contribution in [2.75, 3.05) is 23.7 Å². The summed E-state index contributed by atoms with van der Waals surface area (Å²) in [6.07, 6.45) is 4.66. The van der Waals surface area contributed by atoms with Crippen LogP contribution >= 0.6 is 23.4 Å². The second-order valence-electron chi connectivity index (χ2n) is 7.34. The number of aryl methyl sites for hydroxylation is 1. The Balaban J connectivity index is 1.72. The van der Waals surface area contributed by atoms with E-state index < -0.39 is 5.72 Å². The Kier molecular flexibility index (Phi) is 5.49. The first kappa shape index (κ1) is 18.9. The van der Waals surface area contributed by atoms with E-state index >= 15 is 0 Å². The second-order valence-corrected chi connectivity index (χ2v) is 8.83. The molecule has 0 fully saturated rings. The van der Waals surface area contributed by atoms with Crippen LogP contribution in [-0.4, -0.2) is 33.7 Å². The summed E-state index contributed by atoms with van der Waals surface area (Å²) in [6, 6.07) is 16.3. The molecule has 1 atom stereocenters. The fourth-order valence-electron chi connectivity index (χ4n) is 3.91. The highest BCUT2D eigenvalue weighted by molar-refractivity contribution is 8.14. The molecule has 2 heterocycles. The van der Waals surface area contributed by atoms with Gasteiger partial charge >= 0.3 is 5.17 Å². The number of halogens is 1. The lowest BCUT2D eigenvalue weighted by atomic mass is 10.0. The Bertz CT molecular complexity index is 834. The molecule has 4 rings (SSSR count).